The summed E-state index contributed by atoms with van der Waals surface area (Å²) in [5.74, 6) is -0.264. The van der Waals surface area contributed by atoms with Crippen molar-refractivity contribution in [3.8, 4) is 11.5 Å². The van der Waals surface area contributed by atoms with E-state index in [4.69, 9.17) is 14.6 Å². The highest BCUT2D eigenvalue weighted by Crippen LogP contribution is 2.41. The Hall–Kier alpha value is -3.35. The van der Waals surface area contributed by atoms with E-state index < -0.39 is 12.0 Å². The second-order valence-electron chi connectivity index (χ2n) is 6.35. The van der Waals surface area contributed by atoms with Gasteiger partial charge < -0.3 is 14.6 Å². The van der Waals surface area contributed by atoms with E-state index in [-0.39, 0.29) is 18.7 Å². The minimum absolute atomic E-state index is 0.121. The van der Waals surface area contributed by atoms with E-state index in [0.29, 0.717) is 17.9 Å². The fraction of sp³-hybridized carbons (Fsp3) is 0.286. The molecule has 1 N–H and O–H groups in total. The predicted molar refractivity (Wildman–Crippen MR) is 104 cm³/mol. The van der Waals surface area contributed by atoms with Gasteiger partial charge in [0.15, 0.2) is 11.5 Å². The van der Waals surface area contributed by atoms with Gasteiger partial charge in [-0.2, -0.15) is 5.10 Å². The summed E-state index contributed by atoms with van der Waals surface area (Å²) in [7, 11) is 3.10. The molecule has 0 radical (unpaired) electrons. The van der Waals surface area contributed by atoms with Crippen molar-refractivity contribution in [2.24, 2.45) is 5.10 Å². The van der Waals surface area contributed by atoms with Crippen LogP contribution in [0.5, 0.6) is 11.5 Å². The number of carboxylic acids is 1. The highest BCUT2D eigenvalue weighted by Gasteiger charge is 2.35. The van der Waals surface area contributed by atoms with E-state index in [1.54, 1.807) is 20.3 Å². The first-order chi connectivity index (χ1) is 13.5. The van der Waals surface area contributed by atoms with E-state index >= 15 is 0 Å². The lowest BCUT2D eigenvalue weighted by Crippen LogP contribution is -2.27. The smallest absolute Gasteiger partial charge is 0.303 e. The largest absolute Gasteiger partial charge is 0.493 e. The van der Waals surface area contributed by atoms with Crippen LogP contribution < -0.4 is 9.47 Å². The Morgan fingerprint density at radius 2 is 1.82 bits per heavy atom. The first-order valence-corrected chi connectivity index (χ1v) is 8.92. The van der Waals surface area contributed by atoms with E-state index in [1.807, 2.05) is 42.5 Å². The molecule has 1 atom stereocenters. The number of carbonyl (C=O) groups excluding carboxylic acids is 1. The van der Waals surface area contributed by atoms with Crippen molar-refractivity contribution in [2.75, 3.05) is 14.2 Å². The highest BCUT2D eigenvalue weighted by molar-refractivity contribution is 6.03. The van der Waals surface area contributed by atoms with E-state index in [9.17, 15) is 9.59 Å². The molecule has 0 aromatic heterocycles. The minimum atomic E-state index is -1.02. The summed E-state index contributed by atoms with van der Waals surface area (Å²) < 4.78 is 10.9. The van der Waals surface area contributed by atoms with Crippen molar-refractivity contribution < 1.29 is 24.2 Å². The molecule has 7 heteroatoms. The number of hydrogen-bond acceptors (Lipinski definition) is 5. The lowest BCUT2D eigenvalue weighted by molar-refractivity contribution is -0.141. The molecule has 0 spiro atoms. The van der Waals surface area contributed by atoms with Crippen LogP contribution in [0.4, 0.5) is 0 Å². The molecule has 2 aromatic rings. The molecule has 0 saturated carbocycles. The number of ether oxygens (including phenoxy) is 2. The molecule has 1 heterocycles. The van der Waals surface area contributed by atoms with Crippen LogP contribution in [0.25, 0.3) is 0 Å². The lowest BCUT2D eigenvalue weighted by atomic mass is 9.97. The molecule has 28 heavy (non-hydrogen) atoms. The molecule has 1 aliphatic heterocycles. The number of para-hydroxylation sites is 1. The molecule has 0 saturated heterocycles. The van der Waals surface area contributed by atoms with Crippen molar-refractivity contribution in [3.63, 3.8) is 0 Å². The number of carboxylic acid groups (broad SMARTS) is 1. The maximum absolute atomic E-state index is 12.7. The van der Waals surface area contributed by atoms with Gasteiger partial charge in [0.2, 0.25) is 5.91 Å². The van der Waals surface area contributed by atoms with Crippen LogP contribution in [-0.4, -0.2) is 41.9 Å². The fourth-order valence-corrected chi connectivity index (χ4v) is 3.29. The number of nitrogens with zero attached hydrogens (tertiary/aromatic N) is 2. The molecule has 7 nitrogen and oxygen atoms in total. The van der Waals surface area contributed by atoms with Gasteiger partial charge in [-0.15, -0.1) is 0 Å². The van der Waals surface area contributed by atoms with Gasteiger partial charge in [-0.3, -0.25) is 9.59 Å². The van der Waals surface area contributed by atoms with Crippen molar-refractivity contribution in [1.29, 1.82) is 0 Å². The zero-order valence-electron chi connectivity index (χ0n) is 15.8. The van der Waals surface area contributed by atoms with Crippen LogP contribution >= 0.6 is 0 Å². The summed E-state index contributed by atoms with van der Waals surface area (Å²) in [6.45, 7) is 0. The van der Waals surface area contributed by atoms with Crippen molar-refractivity contribution in [2.45, 2.75) is 25.3 Å². The number of benzene rings is 2. The van der Waals surface area contributed by atoms with E-state index in [2.05, 4.69) is 5.10 Å². The lowest BCUT2D eigenvalue weighted by Gasteiger charge is -2.24. The monoisotopic (exact) mass is 382 g/mol. The Morgan fingerprint density at radius 3 is 2.46 bits per heavy atom. The quantitative estimate of drug-likeness (QED) is 0.794. The third kappa shape index (κ3) is 3.98. The Kier molecular flexibility index (Phi) is 5.93. The summed E-state index contributed by atoms with van der Waals surface area (Å²) in [6.07, 6.45) is 0.129. The maximum atomic E-state index is 12.7. The molecular weight excluding hydrogens is 360 g/mol. The van der Waals surface area contributed by atoms with Gasteiger partial charge in [-0.25, -0.2) is 5.01 Å². The van der Waals surface area contributed by atoms with Crippen LogP contribution in [0.15, 0.2) is 53.6 Å². The predicted octanol–water partition coefficient (Wildman–Crippen LogP) is 3.25. The highest BCUT2D eigenvalue weighted by atomic mass is 16.5. The van der Waals surface area contributed by atoms with Crippen LogP contribution in [0, 0.1) is 0 Å². The molecule has 146 valence electrons. The van der Waals surface area contributed by atoms with Crippen molar-refractivity contribution in [1.82, 2.24) is 5.01 Å². The third-order valence-electron chi connectivity index (χ3n) is 4.62. The van der Waals surface area contributed by atoms with E-state index in [1.165, 1.54) is 5.01 Å². The Balaban J connectivity index is 1.99. The zero-order chi connectivity index (χ0) is 20.1. The van der Waals surface area contributed by atoms with Gasteiger partial charge in [-0.1, -0.05) is 42.5 Å². The molecule has 0 fully saturated rings. The van der Waals surface area contributed by atoms with Gasteiger partial charge >= 0.3 is 5.97 Å². The average Bonchev–Trinajstić information content (AvgIpc) is 3.17. The number of rotatable bonds is 7. The molecule has 0 bridgehead atoms. The van der Waals surface area contributed by atoms with Crippen molar-refractivity contribution >= 4 is 17.6 Å². The Bertz CT molecular complexity index is 895. The standard InChI is InChI=1S/C21H22N2O5/c1-27-18-10-6-9-15(21(18)28-2)17-13-16(14-7-4-3-5-8-14)22-23(17)19(24)11-12-20(25)26/h3-10,17H,11-13H2,1-2H3,(H,25,26)/t17-/m1/s1. The number of amides is 1. The Morgan fingerprint density at radius 1 is 1.07 bits per heavy atom. The van der Waals surface area contributed by atoms with Crippen LogP contribution in [0.3, 0.4) is 0 Å². The molecule has 3 rings (SSSR count). The summed E-state index contributed by atoms with van der Waals surface area (Å²) >= 11 is 0. The minimum Gasteiger partial charge on any atom is -0.493 e. The second kappa shape index (κ2) is 8.56. The summed E-state index contributed by atoms with van der Waals surface area (Å²) in [4.78, 5) is 23.6. The molecule has 1 aliphatic rings. The second-order valence-corrected chi connectivity index (χ2v) is 6.35. The maximum Gasteiger partial charge on any atom is 0.303 e. The molecule has 0 aliphatic carbocycles. The summed E-state index contributed by atoms with van der Waals surface area (Å²) in [6, 6.07) is 14.7. The molecular formula is C21H22N2O5. The number of carbonyl (C=O) groups is 2. The fourth-order valence-electron chi connectivity index (χ4n) is 3.29. The van der Waals surface area contributed by atoms with Crippen LogP contribution in [-0.2, 0) is 9.59 Å². The number of hydrazone groups is 1. The average molecular weight is 382 g/mol. The third-order valence-corrected chi connectivity index (χ3v) is 4.62. The normalized spacial score (nSPS) is 15.9. The van der Waals surface area contributed by atoms with Gasteiger partial charge in [-0.05, 0) is 11.6 Å². The summed E-state index contributed by atoms with van der Waals surface area (Å²) in [5, 5.41) is 14.8. The topological polar surface area (TPSA) is 88.4 Å². The van der Waals surface area contributed by atoms with Crippen molar-refractivity contribution in [3.05, 3.63) is 59.7 Å². The molecule has 1 amide bonds. The first-order valence-electron chi connectivity index (χ1n) is 8.92. The first kappa shape index (κ1) is 19.4. The zero-order valence-corrected chi connectivity index (χ0v) is 15.8. The van der Waals surface area contributed by atoms with Gasteiger partial charge in [0.1, 0.15) is 0 Å². The number of hydrogen-bond donors (Lipinski definition) is 1. The van der Waals surface area contributed by atoms with Gasteiger partial charge in [0, 0.05) is 18.4 Å². The van der Waals surface area contributed by atoms with E-state index in [0.717, 1.165) is 16.8 Å². The molecule has 0 unspecified atom stereocenters. The number of aliphatic carboxylic acids is 1. The van der Waals surface area contributed by atoms with Gasteiger partial charge in [0.25, 0.3) is 0 Å². The van der Waals surface area contributed by atoms with Crippen LogP contribution in [0.2, 0.25) is 0 Å². The number of methoxy groups -OCH3 is 2. The molecule has 2 aromatic carbocycles. The van der Waals surface area contributed by atoms with Crippen LogP contribution in [0.1, 0.15) is 36.4 Å². The summed E-state index contributed by atoms with van der Waals surface area (Å²) in [5.41, 5.74) is 2.45. The Labute approximate surface area is 163 Å². The van der Waals surface area contributed by atoms with Gasteiger partial charge in [0.05, 0.1) is 32.4 Å². The SMILES string of the molecule is COc1cccc([C@H]2CC(c3ccccc3)=NN2C(=O)CCC(=O)O)c1OC.